The van der Waals surface area contributed by atoms with E-state index in [9.17, 15) is 4.79 Å². The number of rotatable bonds is 3. The molecule has 13 heavy (non-hydrogen) atoms. The third-order valence-corrected chi connectivity index (χ3v) is 1.33. The van der Waals surface area contributed by atoms with Crippen molar-refractivity contribution >= 4 is 11.7 Å². The SMILES string of the molecule is O=C(O)/C(Cc1cnccn1)=N/O. The van der Waals surface area contributed by atoms with Crippen molar-refractivity contribution in [2.24, 2.45) is 5.16 Å². The number of carboxylic acids is 1. The average molecular weight is 181 g/mol. The van der Waals surface area contributed by atoms with Crippen molar-refractivity contribution in [2.75, 3.05) is 0 Å². The minimum Gasteiger partial charge on any atom is -0.477 e. The number of aromatic nitrogens is 2. The first-order chi connectivity index (χ1) is 6.24. The van der Waals surface area contributed by atoms with Crippen LogP contribution in [0, 0.1) is 0 Å². The van der Waals surface area contributed by atoms with E-state index in [1.807, 2.05) is 0 Å². The van der Waals surface area contributed by atoms with Gasteiger partial charge in [-0.15, -0.1) is 0 Å². The molecule has 0 bridgehead atoms. The van der Waals surface area contributed by atoms with Gasteiger partial charge in [0.05, 0.1) is 5.69 Å². The zero-order valence-electron chi connectivity index (χ0n) is 6.58. The van der Waals surface area contributed by atoms with E-state index in [1.54, 1.807) is 0 Å². The van der Waals surface area contributed by atoms with Gasteiger partial charge in [0.1, 0.15) is 0 Å². The standard InChI is InChI=1S/C7H7N3O3/c11-7(12)6(10-13)3-5-4-8-1-2-9-5/h1-2,4,13H,3H2,(H,11,12)/b10-6+. The molecule has 68 valence electrons. The summed E-state index contributed by atoms with van der Waals surface area (Å²) in [7, 11) is 0. The van der Waals surface area contributed by atoms with Crippen LogP contribution in [0.1, 0.15) is 5.69 Å². The summed E-state index contributed by atoms with van der Waals surface area (Å²) < 4.78 is 0. The summed E-state index contributed by atoms with van der Waals surface area (Å²) in [5, 5.41) is 19.4. The largest absolute Gasteiger partial charge is 0.477 e. The molecule has 0 saturated carbocycles. The number of carbonyl (C=O) groups is 1. The Labute approximate surface area is 73.6 Å². The normalized spacial score (nSPS) is 11.2. The molecule has 0 spiro atoms. The Bertz CT molecular complexity index is 323. The number of hydrogen-bond donors (Lipinski definition) is 2. The van der Waals surface area contributed by atoms with Gasteiger partial charge in [-0.3, -0.25) is 9.97 Å². The first-order valence-electron chi connectivity index (χ1n) is 3.43. The van der Waals surface area contributed by atoms with E-state index in [4.69, 9.17) is 10.3 Å². The molecular weight excluding hydrogens is 174 g/mol. The van der Waals surface area contributed by atoms with Gasteiger partial charge in [-0.1, -0.05) is 5.16 Å². The Balaban J connectivity index is 2.74. The Kier molecular flexibility index (Phi) is 2.91. The van der Waals surface area contributed by atoms with Crippen molar-refractivity contribution in [1.82, 2.24) is 9.97 Å². The second-order valence-corrected chi connectivity index (χ2v) is 2.23. The van der Waals surface area contributed by atoms with Crippen LogP contribution in [0.15, 0.2) is 23.7 Å². The molecule has 0 amide bonds. The van der Waals surface area contributed by atoms with Crippen LogP contribution < -0.4 is 0 Å². The second kappa shape index (κ2) is 4.15. The molecule has 1 aromatic rings. The van der Waals surface area contributed by atoms with Crippen LogP contribution >= 0.6 is 0 Å². The summed E-state index contributed by atoms with van der Waals surface area (Å²) >= 11 is 0. The predicted molar refractivity (Wildman–Crippen MR) is 42.6 cm³/mol. The third-order valence-electron chi connectivity index (χ3n) is 1.33. The van der Waals surface area contributed by atoms with E-state index in [0.717, 1.165) is 0 Å². The fraction of sp³-hybridized carbons (Fsp3) is 0.143. The zero-order chi connectivity index (χ0) is 9.68. The van der Waals surface area contributed by atoms with Gasteiger partial charge in [-0.25, -0.2) is 4.79 Å². The van der Waals surface area contributed by atoms with E-state index in [0.29, 0.717) is 5.69 Å². The highest BCUT2D eigenvalue weighted by atomic mass is 16.4. The van der Waals surface area contributed by atoms with Crippen molar-refractivity contribution in [1.29, 1.82) is 0 Å². The van der Waals surface area contributed by atoms with Crippen LogP contribution in [0.3, 0.4) is 0 Å². The molecule has 1 rings (SSSR count). The Hall–Kier alpha value is -1.98. The van der Waals surface area contributed by atoms with Crippen LogP contribution in [0.25, 0.3) is 0 Å². The lowest BCUT2D eigenvalue weighted by atomic mass is 10.2. The van der Waals surface area contributed by atoms with Crippen LogP contribution in [0.5, 0.6) is 0 Å². The van der Waals surface area contributed by atoms with Crippen LogP contribution in [0.2, 0.25) is 0 Å². The van der Waals surface area contributed by atoms with Gasteiger partial charge in [0.25, 0.3) is 0 Å². The summed E-state index contributed by atoms with van der Waals surface area (Å²) in [4.78, 5) is 18.0. The monoisotopic (exact) mass is 181 g/mol. The second-order valence-electron chi connectivity index (χ2n) is 2.23. The Morgan fingerprint density at radius 3 is 2.77 bits per heavy atom. The lowest BCUT2D eigenvalue weighted by molar-refractivity contribution is -0.129. The van der Waals surface area contributed by atoms with E-state index in [2.05, 4.69) is 15.1 Å². The highest BCUT2D eigenvalue weighted by Gasteiger charge is 2.11. The summed E-state index contributed by atoms with van der Waals surface area (Å²) in [5.74, 6) is -1.27. The first-order valence-corrected chi connectivity index (χ1v) is 3.43. The molecule has 0 atom stereocenters. The third kappa shape index (κ3) is 2.51. The number of aliphatic carboxylic acids is 1. The van der Waals surface area contributed by atoms with Crippen LogP contribution in [-0.4, -0.2) is 32.0 Å². The van der Waals surface area contributed by atoms with E-state index in [-0.39, 0.29) is 12.1 Å². The number of oxime groups is 1. The highest BCUT2D eigenvalue weighted by molar-refractivity contribution is 6.35. The lowest BCUT2D eigenvalue weighted by Crippen LogP contribution is -2.16. The van der Waals surface area contributed by atoms with Crippen LogP contribution in [0.4, 0.5) is 0 Å². The van der Waals surface area contributed by atoms with Gasteiger partial charge in [-0.2, -0.15) is 0 Å². The maximum Gasteiger partial charge on any atom is 0.354 e. The zero-order valence-corrected chi connectivity index (χ0v) is 6.58. The van der Waals surface area contributed by atoms with E-state index >= 15 is 0 Å². The molecule has 6 heteroatoms. The summed E-state index contributed by atoms with van der Waals surface area (Å²) in [6.45, 7) is 0. The van der Waals surface area contributed by atoms with Gasteiger partial charge in [-0.05, 0) is 0 Å². The van der Waals surface area contributed by atoms with Crippen molar-refractivity contribution in [3.63, 3.8) is 0 Å². The van der Waals surface area contributed by atoms with Gasteiger partial charge >= 0.3 is 5.97 Å². The van der Waals surface area contributed by atoms with Gasteiger partial charge in [0, 0.05) is 25.0 Å². The molecule has 2 N–H and O–H groups in total. The lowest BCUT2D eigenvalue weighted by Gasteiger charge is -1.96. The van der Waals surface area contributed by atoms with Crippen molar-refractivity contribution in [2.45, 2.75) is 6.42 Å². The molecule has 0 saturated heterocycles. The van der Waals surface area contributed by atoms with Gasteiger partial charge in [0.2, 0.25) is 0 Å². The molecule has 0 radical (unpaired) electrons. The first kappa shape index (κ1) is 9.11. The van der Waals surface area contributed by atoms with E-state index in [1.165, 1.54) is 18.6 Å². The predicted octanol–water partition coefficient (Wildman–Crippen LogP) is -0.0661. The molecular formula is C7H7N3O3. The maximum atomic E-state index is 10.4. The molecule has 0 aliphatic rings. The minimum atomic E-state index is -1.27. The van der Waals surface area contributed by atoms with Crippen LogP contribution in [-0.2, 0) is 11.2 Å². The molecule has 1 heterocycles. The Morgan fingerprint density at radius 1 is 1.54 bits per heavy atom. The minimum absolute atomic E-state index is 0.0420. The highest BCUT2D eigenvalue weighted by Crippen LogP contribution is 1.94. The molecule has 0 unspecified atom stereocenters. The summed E-state index contributed by atoms with van der Waals surface area (Å²) in [6.07, 6.45) is 4.28. The summed E-state index contributed by atoms with van der Waals surface area (Å²) in [6, 6.07) is 0. The molecule has 0 aliphatic heterocycles. The maximum absolute atomic E-state index is 10.4. The van der Waals surface area contributed by atoms with Crippen molar-refractivity contribution < 1.29 is 15.1 Å². The molecule has 6 nitrogen and oxygen atoms in total. The van der Waals surface area contributed by atoms with Crippen molar-refractivity contribution in [3.05, 3.63) is 24.3 Å². The van der Waals surface area contributed by atoms with Crippen molar-refractivity contribution in [3.8, 4) is 0 Å². The van der Waals surface area contributed by atoms with E-state index < -0.39 is 5.97 Å². The average Bonchev–Trinajstić information content (AvgIpc) is 2.15. The Morgan fingerprint density at radius 2 is 2.31 bits per heavy atom. The van der Waals surface area contributed by atoms with Gasteiger partial charge in [0.15, 0.2) is 5.71 Å². The molecule has 0 fully saturated rings. The smallest absolute Gasteiger partial charge is 0.354 e. The van der Waals surface area contributed by atoms with Gasteiger partial charge < -0.3 is 10.3 Å². The number of hydrogen-bond acceptors (Lipinski definition) is 5. The topological polar surface area (TPSA) is 95.7 Å². The quantitative estimate of drug-likeness (QED) is 0.386. The fourth-order valence-corrected chi connectivity index (χ4v) is 0.747. The summed E-state index contributed by atoms with van der Waals surface area (Å²) in [5.41, 5.74) is 0.0817. The number of carboxylic acid groups (broad SMARTS) is 1. The fourth-order valence-electron chi connectivity index (χ4n) is 0.747. The molecule has 1 aromatic heterocycles. The number of nitrogens with zero attached hydrogens (tertiary/aromatic N) is 3. The molecule has 0 aromatic carbocycles. The molecule has 0 aliphatic carbocycles.